The summed E-state index contributed by atoms with van der Waals surface area (Å²) in [5.74, 6) is 0.749. The van der Waals surface area contributed by atoms with Crippen molar-refractivity contribution >= 4 is 28.5 Å². The summed E-state index contributed by atoms with van der Waals surface area (Å²) in [5, 5.41) is 26.3. The van der Waals surface area contributed by atoms with Gasteiger partial charge in [0.05, 0.1) is 5.52 Å². The van der Waals surface area contributed by atoms with Crippen LogP contribution in [-0.4, -0.2) is 52.7 Å². The van der Waals surface area contributed by atoms with Crippen molar-refractivity contribution in [3.8, 4) is 0 Å². The first-order valence-electron chi connectivity index (χ1n) is 8.36. The number of aliphatic imine (C=N–C) groups is 1. The topological polar surface area (TPSA) is 121 Å². The molecule has 1 aromatic heterocycles. The second-order valence-electron chi connectivity index (χ2n) is 6.44. The highest BCUT2D eigenvalue weighted by Crippen LogP contribution is 2.28. The van der Waals surface area contributed by atoms with E-state index in [4.69, 9.17) is 21.2 Å². The number of piperidine rings is 1. The number of rotatable bonds is 3. The van der Waals surface area contributed by atoms with Gasteiger partial charge in [-0.25, -0.2) is 4.98 Å². The Morgan fingerprint density at radius 3 is 2.96 bits per heavy atom. The summed E-state index contributed by atoms with van der Waals surface area (Å²) in [6.07, 6.45) is 0.757. The van der Waals surface area contributed by atoms with Crippen molar-refractivity contribution in [3.63, 3.8) is 0 Å². The van der Waals surface area contributed by atoms with Crippen LogP contribution in [0.5, 0.6) is 0 Å². The maximum atomic E-state index is 9.58. The molecule has 6 N–H and O–H groups in total. The number of benzene rings is 1. The predicted molar refractivity (Wildman–Crippen MR) is 101 cm³/mol. The van der Waals surface area contributed by atoms with Crippen LogP contribution in [-0.2, 0) is 0 Å². The third-order valence-corrected chi connectivity index (χ3v) is 4.57. The van der Waals surface area contributed by atoms with Crippen LogP contribution in [0.25, 0.3) is 10.9 Å². The van der Waals surface area contributed by atoms with E-state index in [1.54, 1.807) is 6.92 Å². The Labute approximate surface area is 146 Å². The SMILES string of the molecule is CC(=N)N=C([OH2+])c1cc2ccccc2nc1N1CCC(N)C(CO)C1. The van der Waals surface area contributed by atoms with E-state index in [0.717, 1.165) is 17.3 Å². The molecule has 2 unspecified atom stereocenters. The van der Waals surface area contributed by atoms with Crippen LogP contribution >= 0.6 is 0 Å². The Morgan fingerprint density at radius 2 is 2.24 bits per heavy atom. The average Bonchev–Trinajstić information content (AvgIpc) is 2.60. The largest absolute Gasteiger partial charge is 0.578 e. The minimum Gasteiger partial charge on any atom is -0.578 e. The fourth-order valence-electron chi connectivity index (χ4n) is 3.18. The molecule has 1 saturated heterocycles. The standard InChI is InChI=1S/C18H23N5O2/c1-11(19)21-18(25)14-8-12-4-2-3-5-16(12)22-17(14)23-7-6-15(20)13(9-23)10-24/h2-5,8,13,15,24H,6-7,9-10,20H2,1H3,(H2,19,21,25)/p+1. The molecular formula is C18H24N5O2+. The lowest BCUT2D eigenvalue weighted by Crippen LogP contribution is -2.49. The van der Waals surface area contributed by atoms with Gasteiger partial charge in [-0.1, -0.05) is 18.2 Å². The molecule has 2 heterocycles. The van der Waals surface area contributed by atoms with Crippen molar-refractivity contribution in [1.29, 1.82) is 5.41 Å². The van der Waals surface area contributed by atoms with Gasteiger partial charge in [-0.3, -0.25) is 5.41 Å². The van der Waals surface area contributed by atoms with Crippen LogP contribution in [0.15, 0.2) is 35.3 Å². The summed E-state index contributed by atoms with van der Waals surface area (Å²) in [7, 11) is 0. The molecule has 0 bridgehead atoms. The number of nitrogens with two attached hydrogens (primary N) is 1. The number of aliphatic hydroxyl groups excluding tert-OH is 1. The second kappa shape index (κ2) is 7.16. The number of para-hydroxylation sites is 1. The molecule has 1 aliphatic heterocycles. The first kappa shape index (κ1) is 17.3. The first-order chi connectivity index (χ1) is 12.0. The van der Waals surface area contributed by atoms with Gasteiger partial charge in [0.15, 0.2) is 0 Å². The van der Waals surface area contributed by atoms with E-state index < -0.39 is 0 Å². The van der Waals surface area contributed by atoms with E-state index in [1.165, 1.54) is 0 Å². The molecule has 7 nitrogen and oxygen atoms in total. The number of amidine groups is 1. The summed E-state index contributed by atoms with van der Waals surface area (Å²) in [4.78, 5) is 10.8. The summed E-state index contributed by atoms with van der Waals surface area (Å²) >= 11 is 0. The molecule has 0 radical (unpaired) electrons. The molecule has 0 aliphatic carbocycles. The zero-order valence-corrected chi connectivity index (χ0v) is 14.2. The highest BCUT2D eigenvalue weighted by atomic mass is 16.3. The van der Waals surface area contributed by atoms with E-state index in [9.17, 15) is 5.11 Å². The van der Waals surface area contributed by atoms with Crippen LogP contribution in [0.1, 0.15) is 18.9 Å². The van der Waals surface area contributed by atoms with Crippen molar-refractivity contribution in [2.45, 2.75) is 19.4 Å². The van der Waals surface area contributed by atoms with Gasteiger partial charge >= 0.3 is 5.90 Å². The number of aromatic nitrogens is 1. The number of anilines is 1. The Hall–Kier alpha value is -2.51. The zero-order chi connectivity index (χ0) is 18.0. The summed E-state index contributed by atoms with van der Waals surface area (Å²) < 4.78 is 0. The smallest absolute Gasteiger partial charge is 0.369 e. The Bertz CT molecular complexity index is 820. The minimum absolute atomic E-state index is 0.0227. The molecule has 3 rings (SSSR count). The van der Waals surface area contributed by atoms with E-state index in [-0.39, 0.29) is 30.3 Å². The molecule has 1 aliphatic rings. The van der Waals surface area contributed by atoms with Crippen molar-refractivity contribution in [2.24, 2.45) is 16.6 Å². The summed E-state index contributed by atoms with van der Waals surface area (Å²) in [5.41, 5.74) is 7.53. The second-order valence-corrected chi connectivity index (χ2v) is 6.44. The maximum absolute atomic E-state index is 9.58. The van der Waals surface area contributed by atoms with Gasteiger partial charge in [0.2, 0.25) is 0 Å². The Kier molecular flexibility index (Phi) is 4.96. The molecule has 1 fully saturated rings. The lowest BCUT2D eigenvalue weighted by molar-refractivity contribution is 0.191. The quantitative estimate of drug-likeness (QED) is 0.435. The van der Waals surface area contributed by atoms with Gasteiger partial charge in [-0.2, -0.15) is 4.99 Å². The van der Waals surface area contributed by atoms with Gasteiger partial charge in [0, 0.05) is 37.0 Å². The van der Waals surface area contributed by atoms with Crippen molar-refractivity contribution in [3.05, 3.63) is 35.9 Å². The lowest BCUT2D eigenvalue weighted by Gasteiger charge is -2.37. The predicted octanol–water partition coefficient (Wildman–Crippen LogP) is 0.849. The molecule has 132 valence electrons. The average molecular weight is 342 g/mol. The van der Waals surface area contributed by atoms with Gasteiger partial charge < -0.3 is 20.8 Å². The molecule has 0 spiro atoms. The number of hydrogen-bond donors (Lipinski definition) is 3. The minimum atomic E-state index is -0.0295. The van der Waals surface area contributed by atoms with Crippen LogP contribution in [0.4, 0.5) is 5.82 Å². The molecule has 25 heavy (non-hydrogen) atoms. The van der Waals surface area contributed by atoms with Gasteiger partial charge in [0.1, 0.15) is 17.2 Å². The number of hydrogen-bond acceptors (Lipinski definition) is 5. The van der Waals surface area contributed by atoms with Crippen LogP contribution in [0.2, 0.25) is 0 Å². The number of pyridine rings is 1. The van der Waals surface area contributed by atoms with Crippen molar-refractivity contribution < 1.29 is 10.2 Å². The summed E-state index contributed by atoms with van der Waals surface area (Å²) in [6.45, 7) is 2.88. The highest BCUT2D eigenvalue weighted by Gasteiger charge is 2.30. The van der Waals surface area contributed by atoms with Crippen LogP contribution in [0, 0.1) is 11.3 Å². The van der Waals surface area contributed by atoms with Gasteiger partial charge in [-0.15, -0.1) is 0 Å². The van der Waals surface area contributed by atoms with E-state index in [0.29, 0.717) is 24.5 Å². The zero-order valence-electron chi connectivity index (χ0n) is 14.2. The molecule has 0 saturated carbocycles. The lowest BCUT2D eigenvalue weighted by atomic mass is 9.93. The number of fused-ring (bicyclic) bond motifs is 1. The fraction of sp³-hybridized carbons (Fsp3) is 0.389. The van der Waals surface area contributed by atoms with Crippen molar-refractivity contribution in [1.82, 2.24) is 4.98 Å². The summed E-state index contributed by atoms with van der Waals surface area (Å²) in [6, 6.07) is 9.61. The Balaban J connectivity index is 2.10. The van der Waals surface area contributed by atoms with E-state index in [1.807, 2.05) is 30.3 Å². The first-order valence-corrected chi connectivity index (χ1v) is 8.36. The molecule has 7 heteroatoms. The fourth-order valence-corrected chi connectivity index (χ4v) is 3.18. The molecule has 2 aromatic rings. The number of nitrogens with one attached hydrogen (secondary N) is 1. The Morgan fingerprint density at radius 1 is 1.48 bits per heavy atom. The van der Waals surface area contributed by atoms with E-state index >= 15 is 0 Å². The van der Waals surface area contributed by atoms with E-state index in [2.05, 4.69) is 9.89 Å². The van der Waals surface area contributed by atoms with Gasteiger partial charge in [0.25, 0.3) is 0 Å². The molecule has 2 atom stereocenters. The van der Waals surface area contributed by atoms with Crippen molar-refractivity contribution in [2.75, 3.05) is 24.6 Å². The third-order valence-electron chi connectivity index (χ3n) is 4.57. The number of aliphatic hydroxyl groups is 1. The highest BCUT2D eigenvalue weighted by molar-refractivity contribution is 6.05. The monoisotopic (exact) mass is 342 g/mol. The molecule has 1 aromatic carbocycles. The third kappa shape index (κ3) is 3.62. The number of nitrogens with zero attached hydrogens (tertiary/aromatic N) is 3. The maximum Gasteiger partial charge on any atom is 0.369 e. The van der Waals surface area contributed by atoms with Crippen LogP contribution < -0.4 is 10.6 Å². The van der Waals surface area contributed by atoms with Crippen LogP contribution in [0.3, 0.4) is 0 Å². The normalized spacial score (nSPS) is 21.6. The van der Waals surface area contributed by atoms with Gasteiger partial charge in [-0.05, 0) is 25.5 Å². The molecule has 0 amide bonds. The molecular weight excluding hydrogens is 318 g/mol.